The van der Waals surface area contributed by atoms with Crippen LogP contribution in [-0.4, -0.2) is 72.0 Å². The van der Waals surface area contributed by atoms with Crippen molar-refractivity contribution in [1.29, 1.82) is 0 Å². The van der Waals surface area contributed by atoms with Crippen LogP contribution in [0.3, 0.4) is 0 Å². The quantitative estimate of drug-likeness (QED) is 0.723. The summed E-state index contributed by atoms with van der Waals surface area (Å²) in [6.45, 7) is 8.54. The van der Waals surface area contributed by atoms with Crippen LogP contribution in [0, 0.1) is 19.7 Å². The molecule has 0 saturated carbocycles. The van der Waals surface area contributed by atoms with Crippen LogP contribution < -0.4 is 5.32 Å². The van der Waals surface area contributed by atoms with Crippen LogP contribution in [0.15, 0.2) is 18.2 Å². The third-order valence-corrected chi connectivity index (χ3v) is 6.76. The fraction of sp³-hybridized carbons (Fsp3) is 0.417. The highest BCUT2D eigenvalue weighted by molar-refractivity contribution is 6.34. The predicted molar refractivity (Wildman–Crippen MR) is 120 cm³/mol. The number of anilines is 1. The SMILES string of the molecule is Cc1[nH]c(C=C2C(=O)Nc3ccc(F)cc32)c(C)c1C(=O)N1CCC(N2CCOCC2)C1. The van der Waals surface area contributed by atoms with Gasteiger partial charge in [0.2, 0.25) is 0 Å². The third-order valence-electron chi connectivity index (χ3n) is 6.76. The first-order valence-electron chi connectivity index (χ1n) is 11.1. The number of nitrogens with zero attached hydrogens (tertiary/aromatic N) is 2. The average Bonchev–Trinajstić information content (AvgIpc) is 3.46. The van der Waals surface area contributed by atoms with Gasteiger partial charge in [-0.05, 0) is 50.1 Å². The maximum Gasteiger partial charge on any atom is 0.256 e. The topological polar surface area (TPSA) is 77.7 Å². The van der Waals surface area contributed by atoms with Crippen molar-refractivity contribution in [2.75, 3.05) is 44.7 Å². The van der Waals surface area contributed by atoms with Crippen LogP contribution in [0.25, 0.3) is 11.6 Å². The van der Waals surface area contributed by atoms with E-state index in [1.54, 1.807) is 12.1 Å². The van der Waals surface area contributed by atoms with E-state index < -0.39 is 5.82 Å². The molecule has 8 heteroatoms. The highest BCUT2D eigenvalue weighted by Crippen LogP contribution is 2.34. The van der Waals surface area contributed by atoms with E-state index in [0.717, 1.165) is 50.5 Å². The fourth-order valence-electron chi connectivity index (χ4n) is 5.01. The zero-order chi connectivity index (χ0) is 22.4. The average molecular weight is 439 g/mol. The van der Waals surface area contributed by atoms with Gasteiger partial charge >= 0.3 is 0 Å². The third kappa shape index (κ3) is 3.63. The molecule has 2 N–H and O–H groups in total. The van der Waals surface area contributed by atoms with Crippen molar-refractivity contribution in [1.82, 2.24) is 14.8 Å². The van der Waals surface area contributed by atoms with E-state index in [1.807, 2.05) is 18.7 Å². The standard InChI is InChI=1S/C24H27FN4O3/c1-14-21(12-19-18-11-16(25)3-4-20(18)27-23(19)30)26-15(2)22(14)24(31)29-6-5-17(13-29)28-7-9-32-10-8-28/h3-4,11-12,17,26H,5-10,13H2,1-2H3,(H,27,30). The molecule has 0 radical (unpaired) electrons. The maximum atomic E-state index is 13.8. The van der Waals surface area contributed by atoms with Gasteiger partial charge in [0.15, 0.2) is 0 Å². The molecule has 32 heavy (non-hydrogen) atoms. The van der Waals surface area contributed by atoms with Crippen LogP contribution >= 0.6 is 0 Å². The van der Waals surface area contributed by atoms with E-state index in [9.17, 15) is 14.0 Å². The molecule has 3 aliphatic heterocycles. The number of aryl methyl sites for hydroxylation is 1. The summed E-state index contributed by atoms with van der Waals surface area (Å²) in [5.74, 6) is -0.665. The fourth-order valence-corrected chi connectivity index (χ4v) is 5.01. The number of likely N-dealkylation sites (tertiary alicyclic amines) is 1. The zero-order valence-electron chi connectivity index (χ0n) is 18.3. The van der Waals surface area contributed by atoms with Gasteiger partial charge in [0, 0.05) is 54.9 Å². The first-order valence-corrected chi connectivity index (χ1v) is 11.1. The Morgan fingerprint density at radius 1 is 1.22 bits per heavy atom. The van der Waals surface area contributed by atoms with Crippen molar-refractivity contribution in [3.8, 4) is 0 Å². The molecule has 5 rings (SSSR count). The van der Waals surface area contributed by atoms with E-state index in [-0.39, 0.29) is 11.8 Å². The van der Waals surface area contributed by atoms with Gasteiger partial charge in [-0.1, -0.05) is 0 Å². The van der Waals surface area contributed by atoms with Crippen molar-refractivity contribution in [3.05, 3.63) is 52.1 Å². The lowest BCUT2D eigenvalue weighted by atomic mass is 10.0. The molecule has 4 heterocycles. The number of halogens is 1. The second-order valence-corrected chi connectivity index (χ2v) is 8.71. The Kier molecular flexibility index (Phi) is 5.35. The number of nitrogens with one attached hydrogen (secondary N) is 2. The van der Waals surface area contributed by atoms with Crippen molar-refractivity contribution in [2.24, 2.45) is 0 Å². The van der Waals surface area contributed by atoms with E-state index in [0.29, 0.717) is 40.7 Å². The van der Waals surface area contributed by atoms with Gasteiger partial charge in [-0.3, -0.25) is 14.5 Å². The van der Waals surface area contributed by atoms with E-state index in [2.05, 4.69) is 15.2 Å². The molecule has 0 aliphatic carbocycles. The summed E-state index contributed by atoms with van der Waals surface area (Å²) in [6.07, 6.45) is 2.67. The second-order valence-electron chi connectivity index (χ2n) is 8.71. The highest BCUT2D eigenvalue weighted by Gasteiger charge is 2.33. The van der Waals surface area contributed by atoms with Gasteiger partial charge in [0.05, 0.1) is 24.4 Å². The molecule has 1 aromatic heterocycles. The van der Waals surface area contributed by atoms with Gasteiger partial charge in [-0.15, -0.1) is 0 Å². The van der Waals surface area contributed by atoms with Crippen LogP contribution in [0.5, 0.6) is 0 Å². The first kappa shape index (κ1) is 20.9. The molecule has 1 unspecified atom stereocenters. The molecular formula is C24H27FN4O3. The molecule has 2 fully saturated rings. The number of carbonyl (C=O) groups excluding carboxylic acids is 2. The number of aromatic amines is 1. The second kappa shape index (κ2) is 8.18. The molecule has 1 aromatic carbocycles. The van der Waals surface area contributed by atoms with E-state index >= 15 is 0 Å². The molecule has 3 aliphatic rings. The normalized spacial score (nSPS) is 22.5. The minimum atomic E-state index is -0.398. The highest BCUT2D eigenvalue weighted by atomic mass is 19.1. The smallest absolute Gasteiger partial charge is 0.256 e. The molecule has 2 saturated heterocycles. The van der Waals surface area contributed by atoms with Crippen molar-refractivity contribution < 1.29 is 18.7 Å². The number of rotatable bonds is 3. The number of hydrogen-bond acceptors (Lipinski definition) is 4. The van der Waals surface area contributed by atoms with Crippen LogP contribution in [-0.2, 0) is 9.53 Å². The van der Waals surface area contributed by atoms with Crippen molar-refractivity contribution in [2.45, 2.75) is 26.3 Å². The van der Waals surface area contributed by atoms with E-state index in [1.165, 1.54) is 12.1 Å². The Bertz CT molecular complexity index is 1120. The Balaban J connectivity index is 1.39. The molecule has 2 aromatic rings. The number of morpholine rings is 1. The van der Waals surface area contributed by atoms with Crippen molar-refractivity contribution >= 4 is 29.2 Å². The molecule has 7 nitrogen and oxygen atoms in total. The lowest BCUT2D eigenvalue weighted by Crippen LogP contribution is -2.45. The summed E-state index contributed by atoms with van der Waals surface area (Å²) in [5, 5.41) is 2.76. The Labute approximate surface area is 186 Å². The van der Waals surface area contributed by atoms with Gasteiger partial charge in [-0.2, -0.15) is 0 Å². The van der Waals surface area contributed by atoms with Gasteiger partial charge < -0.3 is 19.9 Å². The molecule has 0 bridgehead atoms. The lowest BCUT2D eigenvalue weighted by molar-refractivity contribution is -0.110. The summed E-state index contributed by atoms with van der Waals surface area (Å²) < 4.78 is 19.2. The Hall–Kier alpha value is -2.97. The number of benzene rings is 1. The molecule has 0 spiro atoms. The predicted octanol–water partition coefficient (Wildman–Crippen LogP) is 2.81. The molecular weight excluding hydrogens is 411 g/mol. The molecule has 168 valence electrons. The van der Waals surface area contributed by atoms with Gasteiger partial charge in [0.1, 0.15) is 5.82 Å². The number of ether oxygens (including phenoxy) is 1. The Morgan fingerprint density at radius 3 is 2.78 bits per heavy atom. The first-order chi connectivity index (χ1) is 15.4. The van der Waals surface area contributed by atoms with Gasteiger partial charge in [0.25, 0.3) is 11.8 Å². The number of carbonyl (C=O) groups is 2. The van der Waals surface area contributed by atoms with Crippen LogP contribution in [0.4, 0.5) is 10.1 Å². The summed E-state index contributed by atoms with van der Waals surface area (Å²) in [7, 11) is 0. The van der Waals surface area contributed by atoms with Crippen molar-refractivity contribution in [3.63, 3.8) is 0 Å². The number of amides is 2. The van der Waals surface area contributed by atoms with Crippen LogP contribution in [0.1, 0.15) is 39.3 Å². The lowest BCUT2D eigenvalue weighted by Gasteiger charge is -2.32. The number of aromatic nitrogens is 1. The number of H-pyrrole nitrogens is 1. The Morgan fingerprint density at radius 2 is 2.00 bits per heavy atom. The van der Waals surface area contributed by atoms with E-state index in [4.69, 9.17) is 4.74 Å². The summed E-state index contributed by atoms with van der Waals surface area (Å²) in [6, 6.07) is 4.61. The number of fused-ring (bicyclic) bond motifs is 1. The molecule has 1 atom stereocenters. The molecule has 2 amide bonds. The minimum Gasteiger partial charge on any atom is -0.379 e. The minimum absolute atomic E-state index is 0.0129. The maximum absolute atomic E-state index is 13.8. The largest absolute Gasteiger partial charge is 0.379 e. The van der Waals surface area contributed by atoms with Gasteiger partial charge in [-0.25, -0.2) is 4.39 Å². The van der Waals surface area contributed by atoms with Crippen LogP contribution in [0.2, 0.25) is 0 Å². The summed E-state index contributed by atoms with van der Waals surface area (Å²) in [5.41, 5.74) is 4.42. The summed E-state index contributed by atoms with van der Waals surface area (Å²) in [4.78, 5) is 33.5. The summed E-state index contributed by atoms with van der Waals surface area (Å²) >= 11 is 0. The monoisotopic (exact) mass is 438 g/mol. The number of hydrogen-bond donors (Lipinski definition) is 2. The zero-order valence-corrected chi connectivity index (χ0v) is 18.3.